The molecule has 1 heterocycles. The number of nitrogens with one attached hydrogen (secondary N) is 2. The van der Waals surface area contributed by atoms with Crippen LogP contribution in [0.3, 0.4) is 0 Å². The normalized spacial score (nSPS) is 13.0. The third-order valence-electron chi connectivity index (χ3n) is 4.10. The van der Waals surface area contributed by atoms with E-state index in [4.69, 9.17) is 11.6 Å². The predicted octanol–water partition coefficient (Wildman–Crippen LogP) is 4.43. The monoisotopic (exact) mass is 392 g/mol. The number of hydrogen-bond donors (Lipinski definition) is 2. The second-order valence-electron chi connectivity index (χ2n) is 5.98. The van der Waals surface area contributed by atoms with Crippen molar-refractivity contribution in [3.05, 3.63) is 77.7 Å². The smallest absolute Gasteiger partial charge is 0.243 e. The first-order valence-corrected chi connectivity index (χ1v) is 9.90. The molecule has 0 aliphatic rings. The zero-order valence-corrected chi connectivity index (χ0v) is 15.4. The topological polar surface area (TPSA) is 62.0 Å². The molecule has 26 heavy (non-hydrogen) atoms. The third kappa shape index (κ3) is 3.98. The molecule has 0 spiro atoms. The lowest BCUT2D eigenvalue weighted by molar-refractivity contribution is 0.533. The molecule has 0 bridgehead atoms. The van der Waals surface area contributed by atoms with Crippen LogP contribution < -0.4 is 4.72 Å². The molecule has 4 nitrogen and oxygen atoms in total. The summed E-state index contributed by atoms with van der Waals surface area (Å²) in [6.45, 7) is 3.69. The summed E-state index contributed by atoms with van der Waals surface area (Å²) in [5.74, 6) is -0.880. The highest BCUT2D eigenvalue weighted by Gasteiger charge is 2.23. The van der Waals surface area contributed by atoms with Crippen molar-refractivity contribution in [2.24, 2.45) is 0 Å². The first kappa shape index (κ1) is 18.6. The van der Waals surface area contributed by atoms with Crippen LogP contribution in [0.1, 0.15) is 12.0 Å². The molecule has 0 aliphatic heterocycles. The van der Waals surface area contributed by atoms with Gasteiger partial charge in [-0.2, -0.15) is 0 Å². The van der Waals surface area contributed by atoms with Crippen LogP contribution in [0.25, 0.3) is 10.9 Å². The number of fused-ring (bicyclic) bond motifs is 1. The molecule has 0 saturated heterocycles. The second kappa shape index (κ2) is 7.61. The van der Waals surface area contributed by atoms with Crippen LogP contribution in [0.5, 0.6) is 0 Å². The van der Waals surface area contributed by atoms with Crippen LogP contribution in [0.2, 0.25) is 5.02 Å². The van der Waals surface area contributed by atoms with Gasteiger partial charge in [0.05, 0.1) is 0 Å². The van der Waals surface area contributed by atoms with Crippen molar-refractivity contribution in [1.82, 2.24) is 9.71 Å². The van der Waals surface area contributed by atoms with Crippen LogP contribution >= 0.6 is 11.6 Å². The Morgan fingerprint density at radius 2 is 2.04 bits per heavy atom. The number of hydrogen-bond acceptors (Lipinski definition) is 2. The maximum absolute atomic E-state index is 14.0. The van der Waals surface area contributed by atoms with E-state index in [1.54, 1.807) is 6.08 Å². The number of halogens is 2. The van der Waals surface area contributed by atoms with Crippen LogP contribution in [0.15, 0.2) is 66.2 Å². The fourth-order valence-electron chi connectivity index (χ4n) is 2.92. The molecule has 3 rings (SSSR count). The molecule has 1 aromatic heterocycles. The second-order valence-corrected chi connectivity index (χ2v) is 8.10. The number of para-hydroxylation sites is 1. The Kier molecular flexibility index (Phi) is 5.46. The van der Waals surface area contributed by atoms with Gasteiger partial charge in [-0.3, -0.25) is 0 Å². The van der Waals surface area contributed by atoms with Gasteiger partial charge >= 0.3 is 0 Å². The summed E-state index contributed by atoms with van der Waals surface area (Å²) < 4.78 is 41.8. The minimum atomic E-state index is -4.03. The summed E-state index contributed by atoms with van der Waals surface area (Å²) in [4.78, 5) is 2.75. The highest BCUT2D eigenvalue weighted by Crippen LogP contribution is 2.22. The first-order chi connectivity index (χ1) is 12.4. The average molecular weight is 393 g/mol. The van der Waals surface area contributed by atoms with Gasteiger partial charge in [-0.25, -0.2) is 17.5 Å². The lowest BCUT2D eigenvalue weighted by Crippen LogP contribution is -2.36. The Bertz CT molecular complexity index is 1050. The SMILES string of the molecule is C=CC[C@@H](Cc1c[nH]c2ccccc12)NS(=O)(=O)c1ccc(Cl)cc1F. The van der Waals surface area contributed by atoms with Crippen LogP contribution in [-0.2, 0) is 16.4 Å². The van der Waals surface area contributed by atoms with Crippen LogP contribution in [-0.4, -0.2) is 19.4 Å². The Morgan fingerprint density at radius 1 is 1.27 bits per heavy atom. The zero-order valence-electron chi connectivity index (χ0n) is 13.9. The highest BCUT2D eigenvalue weighted by molar-refractivity contribution is 7.89. The van der Waals surface area contributed by atoms with Crippen LogP contribution in [0, 0.1) is 5.82 Å². The van der Waals surface area contributed by atoms with Crippen molar-refractivity contribution in [1.29, 1.82) is 0 Å². The van der Waals surface area contributed by atoms with Crippen molar-refractivity contribution < 1.29 is 12.8 Å². The van der Waals surface area contributed by atoms with Crippen molar-refractivity contribution in [3.8, 4) is 0 Å². The largest absolute Gasteiger partial charge is 0.361 e. The van der Waals surface area contributed by atoms with Crippen molar-refractivity contribution in [2.45, 2.75) is 23.8 Å². The maximum atomic E-state index is 14.0. The molecule has 0 unspecified atom stereocenters. The summed E-state index contributed by atoms with van der Waals surface area (Å²) in [6.07, 6.45) is 4.36. The van der Waals surface area contributed by atoms with Gasteiger partial charge in [-0.05, 0) is 42.7 Å². The van der Waals surface area contributed by atoms with E-state index in [2.05, 4.69) is 16.3 Å². The van der Waals surface area contributed by atoms with E-state index in [0.717, 1.165) is 28.6 Å². The van der Waals surface area contributed by atoms with Gasteiger partial charge in [0.15, 0.2) is 0 Å². The molecule has 2 N–H and O–H groups in total. The quantitative estimate of drug-likeness (QED) is 0.584. The summed E-state index contributed by atoms with van der Waals surface area (Å²) in [7, 11) is -4.03. The summed E-state index contributed by atoms with van der Waals surface area (Å²) in [5.41, 5.74) is 1.96. The molecule has 7 heteroatoms. The van der Waals surface area contributed by atoms with Crippen LogP contribution in [0.4, 0.5) is 4.39 Å². The van der Waals surface area contributed by atoms with E-state index < -0.39 is 26.8 Å². The van der Waals surface area contributed by atoms with E-state index >= 15 is 0 Å². The summed E-state index contributed by atoms with van der Waals surface area (Å²) in [6, 6.07) is 10.8. The fraction of sp³-hybridized carbons (Fsp3) is 0.158. The first-order valence-electron chi connectivity index (χ1n) is 8.04. The molecule has 0 radical (unpaired) electrons. The maximum Gasteiger partial charge on any atom is 0.243 e. The molecule has 3 aromatic rings. The molecule has 136 valence electrons. The number of benzene rings is 2. The minimum absolute atomic E-state index is 0.142. The Balaban J connectivity index is 1.87. The molecule has 0 fully saturated rings. The van der Waals surface area contributed by atoms with E-state index in [9.17, 15) is 12.8 Å². The van der Waals surface area contributed by atoms with E-state index in [0.29, 0.717) is 12.8 Å². The van der Waals surface area contributed by atoms with Gasteiger partial charge in [0, 0.05) is 28.2 Å². The summed E-state index contributed by atoms with van der Waals surface area (Å²) >= 11 is 5.70. The average Bonchev–Trinajstić information content (AvgIpc) is 2.97. The molecular weight excluding hydrogens is 375 g/mol. The van der Waals surface area contributed by atoms with Gasteiger partial charge < -0.3 is 4.98 Å². The Hall–Kier alpha value is -2.15. The van der Waals surface area contributed by atoms with Gasteiger partial charge in [0.1, 0.15) is 10.7 Å². The Morgan fingerprint density at radius 3 is 2.77 bits per heavy atom. The molecule has 0 aliphatic carbocycles. The van der Waals surface area contributed by atoms with Gasteiger partial charge in [-0.1, -0.05) is 35.9 Å². The third-order valence-corrected chi connectivity index (χ3v) is 5.89. The molecule has 2 aromatic carbocycles. The van der Waals surface area contributed by atoms with Crippen molar-refractivity contribution >= 4 is 32.5 Å². The molecule has 0 saturated carbocycles. The standard InChI is InChI=1S/C19H18ClFN2O2S/c1-2-5-15(10-13-12-22-18-7-4-3-6-16(13)18)23-26(24,25)19-9-8-14(20)11-17(19)21/h2-4,6-9,11-12,15,22-23H,1,5,10H2/t15-/m0/s1. The zero-order chi connectivity index (χ0) is 18.7. The Labute approximate surface area is 156 Å². The van der Waals surface area contributed by atoms with Crippen molar-refractivity contribution in [3.63, 3.8) is 0 Å². The molecule has 1 atom stereocenters. The summed E-state index contributed by atoms with van der Waals surface area (Å²) in [5, 5.41) is 1.17. The minimum Gasteiger partial charge on any atom is -0.361 e. The number of aromatic amines is 1. The number of aromatic nitrogens is 1. The van der Waals surface area contributed by atoms with E-state index in [-0.39, 0.29) is 5.02 Å². The highest BCUT2D eigenvalue weighted by atomic mass is 35.5. The lowest BCUT2D eigenvalue weighted by atomic mass is 10.0. The van der Waals surface area contributed by atoms with Crippen molar-refractivity contribution in [2.75, 3.05) is 0 Å². The lowest BCUT2D eigenvalue weighted by Gasteiger charge is -2.17. The van der Waals surface area contributed by atoms with E-state index in [1.165, 1.54) is 6.07 Å². The molecular formula is C19H18ClFN2O2S. The van der Waals surface area contributed by atoms with E-state index in [1.807, 2.05) is 30.5 Å². The number of sulfonamides is 1. The predicted molar refractivity (Wildman–Crippen MR) is 102 cm³/mol. The number of rotatable bonds is 7. The fourth-order valence-corrected chi connectivity index (χ4v) is 4.38. The molecule has 0 amide bonds. The van der Waals surface area contributed by atoms with Gasteiger partial charge in [-0.15, -0.1) is 6.58 Å². The number of H-pyrrole nitrogens is 1. The van der Waals surface area contributed by atoms with Gasteiger partial charge in [0.2, 0.25) is 10.0 Å². The van der Waals surface area contributed by atoms with Gasteiger partial charge in [0.25, 0.3) is 0 Å².